The van der Waals surface area contributed by atoms with Gasteiger partial charge in [0.2, 0.25) is 0 Å². The fraction of sp³-hybridized carbons (Fsp3) is 0.667. The van der Waals surface area contributed by atoms with Gasteiger partial charge in [-0.2, -0.15) is 11.8 Å². The minimum absolute atomic E-state index is 0.0191. The Morgan fingerprint density at radius 1 is 0.878 bits per heavy atom. The molecular formula is C27H40N2O11S. The number of hydrogen-bond acceptors (Lipinski definition) is 11. The van der Waals surface area contributed by atoms with Crippen molar-refractivity contribution in [1.82, 2.24) is 10.6 Å². The average molecular weight is 601 g/mol. The number of carbonyl (C=O) groups excluding carboxylic acids is 2. The van der Waals surface area contributed by atoms with Crippen LogP contribution >= 0.6 is 11.8 Å². The molecule has 1 aromatic rings. The molecule has 0 unspecified atom stereocenters. The lowest BCUT2D eigenvalue weighted by Crippen LogP contribution is -2.36. The number of aromatic carboxylic acids is 1. The molecule has 1 aromatic carbocycles. The highest BCUT2D eigenvalue weighted by Gasteiger charge is 2.42. The van der Waals surface area contributed by atoms with Crippen molar-refractivity contribution in [2.24, 2.45) is 0 Å². The van der Waals surface area contributed by atoms with Crippen LogP contribution in [0.1, 0.15) is 36.0 Å². The van der Waals surface area contributed by atoms with Crippen LogP contribution in [0.2, 0.25) is 0 Å². The van der Waals surface area contributed by atoms with Gasteiger partial charge in [-0.25, -0.2) is 9.59 Å². The van der Waals surface area contributed by atoms with Gasteiger partial charge in [0.15, 0.2) is 11.5 Å². The fourth-order valence-corrected chi connectivity index (χ4v) is 5.99. The van der Waals surface area contributed by atoms with Crippen LogP contribution in [0, 0.1) is 0 Å². The molecule has 0 radical (unpaired) electrons. The first-order valence-corrected chi connectivity index (χ1v) is 14.7. The molecule has 3 rings (SSSR count). The van der Waals surface area contributed by atoms with Gasteiger partial charge in [0.05, 0.1) is 65.9 Å². The van der Waals surface area contributed by atoms with Gasteiger partial charge in [-0.05, 0) is 12.8 Å². The Labute approximate surface area is 243 Å². The zero-order valence-corrected chi connectivity index (χ0v) is 24.3. The molecular weight excluding hydrogens is 560 g/mol. The topological polar surface area (TPSA) is 160 Å². The number of rotatable bonds is 21. The van der Waals surface area contributed by atoms with Crippen molar-refractivity contribution in [3.63, 3.8) is 0 Å². The molecule has 2 saturated heterocycles. The molecule has 0 aliphatic carbocycles. The summed E-state index contributed by atoms with van der Waals surface area (Å²) in [4.78, 5) is 34.6. The minimum atomic E-state index is -1.13. The highest BCUT2D eigenvalue weighted by Crippen LogP contribution is 2.35. The van der Waals surface area contributed by atoms with Gasteiger partial charge in [0.25, 0.3) is 0 Å². The molecule has 2 aliphatic heterocycles. The number of carbonyl (C=O) groups is 3. The summed E-state index contributed by atoms with van der Waals surface area (Å²) in [7, 11) is 2.81. The second-order valence-corrected chi connectivity index (χ2v) is 10.6. The van der Waals surface area contributed by atoms with Gasteiger partial charge >= 0.3 is 18.0 Å². The molecule has 3 N–H and O–H groups in total. The lowest BCUT2D eigenvalue weighted by molar-refractivity contribution is -0.145. The Bertz CT molecular complexity index is 996. The third-order valence-corrected chi connectivity index (χ3v) is 8.00. The summed E-state index contributed by atoms with van der Waals surface area (Å²) in [5.41, 5.74) is -0.0191. The van der Waals surface area contributed by atoms with Crippen molar-refractivity contribution in [3.8, 4) is 17.2 Å². The maximum Gasteiger partial charge on any atom is 0.339 e. The molecule has 3 atom stereocenters. The van der Waals surface area contributed by atoms with Gasteiger partial charge in [0.1, 0.15) is 24.5 Å². The average Bonchev–Trinajstić information content (AvgIpc) is 3.52. The second kappa shape index (κ2) is 17.8. The zero-order chi connectivity index (χ0) is 29.5. The molecule has 13 nitrogen and oxygen atoms in total. The van der Waals surface area contributed by atoms with E-state index in [-0.39, 0.29) is 54.4 Å². The van der Waals surface area contributed by atoms with Crippen molar-refractivity contribution in [2.45, 2.75) is 43.0 Å². The lowest BCUT2D eigenvalue weighted by Gasteiger charge is -2.16. The van der Waals surface area contributed by atoms with Crippen LogP contribution in [0.4, 0.5) is 4.79 Å². The van der Waals surface area contributed by atoms with Gasteiger partial charge in [-0.1, -0.05) is 6.42 Å². The summed E-state index contributed by atoms with van der Waals surface area (Å²) in [5, 5.41) is 15.6. The van der Waals surface area contributed by atoms with Gasteiger partial charge in [0, 0.05) is 29.6 Å². The standard InChI is InChI=1S/C27H40N2O11S/c1-34-20-16-22(21(35-2)15-18(20)26(31)32)39-13-11-37-9-7-36-8-10-38-12-14-40-24(30)6-4-3-5-23-25-19(17-41-23)28-27(33)29-25/h15-16,19,23,25H,3-14,17H2,1-2H3,(H,31,32)(H2,28,29,33)/t19-,23-,25-/m0/s1. The van der Waals surface area contributed by atoms with Gasteiger partial charge in [-0.3, -0.25) is 4.79 Å². The van der Waals surface area contributed by atoms with E-state index in [1.165, 1.54) is 26.4 Å². The molecule has 2 heterocycles. The number of urea groups is 1. The largest absolute Gasteiger partial charge is 0.496 e. The Balaban J connectivity index is 1.10. The van der Waals surface area contributed by atoms with Crippen molar-refractivity contribution >= 4 is 29.7 Å². The number of fused-ring (bicyclic) bond motifs is 1. The molecule has 0 saturated carbocycles. The van der Waals surface area contributed by atoms with Crippen LogP contribution < -0.4 is 24.8 Å². The summed E-state index contributed by atoms with van der Waals surface area (Å²) in [6.45, 7) is 2.55. The number of esters is 1. The number of amides is 2. The predicted molar refractivity (Wildman–Crippen MR) is 149 cm³/mol. The summed E-state index contributed by atoms with van der Waals surface area (Å²) in [6.07, 6.45) is 3.03. The molecule has 2 aliphatic rings. The number of unbranched alkanes of at least 4 members (excludes halogenated alkanes) is 1. The third-order valence-electron chi connectivity index (χ3n) is 6.49. The molecule has 230 valence electrons. The Morgan fingerprint density at radius 3 is 2.20 bits per heavy atom. The number of thioether (sulfide) groups is 1. The van der Waals surface area contributed by atoms with Crippen molar-refractivity contribution < 1.29 is 52.6 Å². The number of carboxylic acid groups (broad SMARTS) is 1. The van der Waals surface area contributed by atoms with Crippen LogP contribution in [0.5, 0.6) is 17.2 Å². The quantitative estimate of drug-likeness (QED) is 0.107. The van der Waals surface area contributed by atoms with E-state index in [1.54, 1.807) is 0 Å². The summed E-state index contributed by atoms with van der Waals surface area (Å²) < 4.78 is 37.5. The minimum Gasteiger partial charge on any atom is -0.496 e. The number of nitrogens with one attached hydrogen (secondary N) is 2. The van der Waals surface area contributed by atoms with Crippen molar-refractivity contribution in [2.75, 3.05) is 72.8 Å². The molecule has 0 aromatic heterocycles. The van der Waals surface area contributed by atoms with Crippen LogP contribution in [-0.4, -0.2) is 113 Å². The highest BCUT2D eigenvalue weighted by molar-refractivity contribution is 8.00. The van der Waals surface area contributed by atoms with E-state index in [0.717, 1.165) is 25.0 Å². The van der Waals surface area contributed by atoms with Crippen LogP contribution in [0.3, 0.4) is 0 Å². The Hall–Kier alpha value is -2.94. The summed E-state index contributed by atoms with van der Waals surface area (Å²) in [6, 6.07) is 3.16. The number of hydrogen-bond donors (Lipinski definition) is 3. The second-order valence-electron chi connectivity index (χ2n) is 9.28. The predicted octanol–water partition coefficient (Wildman–Crippen LogP) is 2.10. The maximum absolute atomic E-state index is 11.9. The van der Waals surface area contributed by atoms with E-state index in [9.17, 15) is 19.5 Å². The Morgan fingerprint density at radius 2 is 1.54 bits per heavy atom. The first-order valence-electron chi connectivity index (χ1n) is 13.6. The number of benzene rings is 1. The first-order chi connectivity index (χ1) is 19.9. The van der Waals surface area contributed by atoms with E-state index in [0.29, 0.717) is 57.1 Å². The number of ether oxygens (including phenoxy) is 7. The molecule has 0 bridgehead atoms. The SMILES string of the molecule is COc1cc(C(=O)O)c(OC)cc1OCCOCCOCCOCCOC(=O)CCCC[C@@H]1SC[C@@H]2NC(=O)N[C@@H]21. The summed E-state index contributed by atoms with van der Waals surface area (Å²) in [5.74, 6) is 0.396. The molecule has 14 heteroatoms. The Kier molecular flexibility index (Phi) is 14.1. The fourth-order valence-electron chi connectivity index (χ4n) is 4.45. The third kappa shape index (κ3) is 10.8. The maximum atomic E-state index is 11.9. The number of methoxy groups -OCH3 is 2. The molecule has 0 spiro atoms. The van der Waals surface area contributed by atoms with Gasteiger partial charge in [-0.15, -0.1) is 0 Å². The van der Waals surface area contributed by atoms with E-state index < -0.39 is 5.97 Å². The van der Waals surface area contributed by atoms with E-state index >= 15 is 0 Å². The normalized spacial score (nSPS) is 19.3. The molecule has 2 fully saturated rings. The van der Waals surface area contributed by atoms with E-state index in [4.69, 9.17) is 33.2 Å². The zero-order valence-electron chi connectivity index (χ0n) is 23.5. The molecule has 41 heavy (non-hydrogen) atoms. The number of carboxylic acids is 1. The van der Waals surface area contributed by atoms with Gasteiger partial charge < -0.3 is 48.9 Å². The summed E-state index contributed by atoms with van der Waals surface area (Å²) >= 11 is 1.87. The van der Waals surface area contributed by atoms with E-state index in [1.807, 2.05) is 11.8 Å². The van der Waals surface area contributed by atoms with Crippen LogP contribution in [0.25, 0.3) is 0 Å². The smallest absolute Gasteiger partial charge is 0.339 e. The first kappa shape index (κ1) is 32.6. The van der Waals surface area contributed by atoms with E-state index in [2.05, 4.69) is 10.6 Å². The van der Waals surface area contributed by atoms with Crippen LogP contribution in [0.15, 0.2) is 12.1 Å². The molecule has 2 amide bonds. The van der Waals surface area contributed by atoms with Crippen molar-refractivity contribution in [3.05, 3.63) is 17.7 Å². The van der Waals surface area contributed by atoms with Crippen molar-refractivity contribution in [1.29, 1.82) is 0 Å². The van der Waals surface area contributed by atoms with Crippen LogP contribution in [-0.2, 0) is 23.7 Å². The monoisotopic (exact) mass is 600 g/mol. The highest BCUT2D eigenvalue weighted by atomic mass is 32.2. The lowest BCUT2D eigenvalue weighted by atomic mass is 10.0.